The number of thiazole rings is 1. The smallest absolute Gasteiger partial charge is 0.338 e. The van der Waals surface area contributed by atoms with E-state index in [2.05, 4.69) is 66.1 Å². The summed E-state index contributed by atoms with van der Waals surface area (Å²) in [5.74, 6) is 0.838. The number of allylic oxidation sites excluding steroid dienone is 1. The molecule has 0 spiro atoms. The van der Waals surface area contributed by atoms with Crippen LogP contribution in [0.5, 0.6) is 11.5 Å². The number of hydrogen-bond donors (Lipinski definition) is 0. The average Bonchev–Trinajstić information content (AvgIpc) is 3.12. The third-order valence-corrected chi connectivity index (χ3v) is 8.56. The number of ether oxygens (including phenoxy) is 3. The highest BCUT2D eigenvalue weighted by Crippen LogP contribution is 2.35. The summed E-state index contributed by atoms with van der Waals surface area (Å²) in [4.78, 5) is 32.0. The molecule has 0 radical (unpaired) electrons. The zero-order chi connectivity index (χ0) is 26.1. The molecule has 2 heterocycles. The number of halogens is 3. The predicted molar refractivity (Wildman–Crippen MR) is 160 cm³/mol. The van der Waals surface area contributed by atoms with Crippen LogP contribution in [0.15, 0.2) is 55.9 Å². The SMILES string of the molecule is CCOC(=O)C1=C(C)N=c2s/c(=C/c3cc(I)cc(I)c3OC)c(=O)n2[C@H]1c1ccc(OC)c(Br)c1. The first-order valence-corrected chi connectivity index (χ1v) is 14.5. The van der Waals surface area contributed by atoms with Crippen LogP contribution in [-0.4, -0.2) is 31.4 Å². The summed E-state index contributed by atoms with van der Waals surface area (Å²) in [5.41, 5.74) is 2.12. The van der Waals surface area contributed by atoms with Crippen LogP contribution in [0.2, 0.25) is 0 Å². The van der Waals surface area contributed by atoms with E-state index in [1.54, 1.807) is 38.7 Å². The molecule has 0 N–H and O–H groups in total. The summed E-state index contributed by atoms with van der Waals surface area (Å²) < 4.78 is 21.1. The molecular weight excluding hydrogens is 774 g/mol. The molecule has 188 valence electrons. The fourth-order valence-corrected chi connectivity index (χ4v) is 7.71. The number of carbonyl (C=O) groups excluding carboxylic acids is 1. The van der Waals surface area contributed by atoms with Gasteiger partial charge in [-0.25, -0.2) is 9.79 Å². The molecule has 7 nitrogen and oxygen atoms in total. The molecule has 0 fully saturated rings. The predicted octanol–water partition coefficient (Wildman–Crippen LogP) is 4.79. The van der Waals surface area contributed by atoms with E-state index >= 15 is 0 Å². The lowest BCUT2D eigenvalue weighted by Crippen LogP contribution is -2.40. The first kappa shape index (κ1) is 27.3. The van der Waals surface area contributed by atoms with Gasteiger partial charge in [-0.2, -0.15) is 0 Å². The summed E-state index contributed by atoms with van der Waals surface area (Å²) in [7, 11) is 3.19. The molecule has 0 saturated carbocycles. The van der Waals surface area contributed by atoms with Crippen molar-refractivity contribution in [2.45, 2.75) is 19.9 Å². The largest absolute Gasteiger partial charge is 0.496 e. The van der Waals surface area contributed by atoms with Crippen molar-refractivity contribution in [3.8, 4) is 11.5 Å². The molecule has 1 aliphatic rings. The van der Waals surface area contributed by atoms with Crippen molar-refractivity contribution in [1.82, 2.24) is 4.57 Å². The first-order chi connectivity index (χ1) is 17.2. The van der Waals surface area contributed by atoms with E-state index in [9.17, 15) is 9.59 Å². The third kappa shape index (κ3) is 5.16. The normalized spacial score (nSPS) is 15.4. The van der Waals surface area contributed by atoms with Gasteiger partial charge in [0.2, 0.25) is 0 Å². The Morgan fingerprint density at radius 1 is 1.22 bits per heavy atom. The van der Waals surface area contributed by atoms with Crippen molar-refractivity contribution in [2.75, 3.05) is 20.8 Å². The topological polar surface area (TPSA) is 79.1 Å². The Morgan fingerprint density at radius 3 is 2.61 bits per heavy atom. The molecule has 1 aromatic heterocycles. The van der Waals surface area contributed by atoms with Crippen molar-refractivity contribution in [3.05, 3.63) is 84.0 Å². The zero-order valence-electron chi connectivity index (χ0n) is 19.7. The Bertz CT molecular complexity index is 1580. The lowest BCUT2D eigenvalue weighted by Gasteiger charge is -2.25. The second-order valence-electron chi connectivity index (χ2n) is 7.71. The monoisotopic (exact) mass is 794 g/mol. The average molecular weight is 795 g/mol. The van der Waals surface area contributed by atoms with Gasteiger partial charge >= 0.3 is 5.97 Å². The van der Waals surface area contributed by atoms with E-state index in [1.165, 1.54) is 11.3 Å². The molecule has 36 heavy (non-hydrogen) atoms. The van der Waals surface area contributed by atoms with Gasteiger partial charge in [0, 0.05) is 9.13 Å². The highest BCUT2D eigenvalue weighted by atomic mass is 127. The van der Waals surface area contributed by atoms with Crippen LogP contribution >= 0.6 is 72.4 Å². The van der Waals surface area contributed by atoms with Crippen molar-refractivity contribution in [3.63, 3.8) is 0 Å². The number of hydrogen-bond acceptors (Lipinski definition) is 7. The van der Waals surface area contributed by atoms with Gasteiger partial charge in [-0.15, -0.1) is 0 Å². The summed E-state index contributed by atoms with van der Waals surface area (Å²) in [5, 5.41) is 0. The van der Waals surface area contributed by atoms with Crippen LogP contribution in [-0.2, 0) is 9.53 Å². The molecule has 1 aliphatic heterocycles. The number of fused-ring (bicyclic) bond motifs is 1. The molecule has 11 heteroatoms. The Morgan fingerprint density at radius 2 is 1.97 bits per heavy atom. The van der Waals surface area contributed by atoms with Gasteiger partial charge in [-0.3, -0.25) is 9.36 Å². The van der Waals surface area contributed by atoms with Gasteiger partial charge in [0.1, 0.15) is 11.5 Å². The Labute approximate surface area is 247 Å². The zero-order valence-corrected chi connectivity index (χ0v) is 26.4. The van der Waals surface area contributed by atoms with Gasteiger partial charge in [-0.1, -0.05) is 17.4 Å². The third-order valence-electron chi connectivity index (χ3n) is 5.54. The van der Waals surface area contributed by atoms with E-state index in [-0.39, 0.29) is 12.2 Å². The van der Waals surface area contributed by atoms with E-state index in [0.717, 1.165) is 18.3 Å². The fraction of sp³-hybridized carbons (Fsp3) is 0.240. The molecule has 0 aliphatic carbocycles. The number of methoxy groups -OCH3 is 2. The van der Waals surface area contributed by atoms with Crippen LogP contribution in [0.1, 0.15) is 31.0 Å². The van der Waals surface area contributed by atoms with Crippen molar-refractivity contribution in [1.29, 1.82) is 0 Å². The maximum absolute atomic E-state index is 13.8. The van der Waals surface area contributed by atoms with Gasteiger partial charge in [0.05, 0.1) is 50.7 Å². The molecular formula is C25H21BrI2N2O5S. The Balaban J connectivity index is 2.00. The van der Waals surface area contributed by atoms with Crippen molar-refractivity contribution < 1.29 is 19.0 Å². The van der Waals surface area contributed by atoms with Crippen LogP contribution in [0.3, 0.4) is 0 Å². The van der Waals surface area contributed by atoms with Crippen LogP contribution in [0, 0.1) is 7.14 Å². The van der Waals surface area contributed by atoms with E-state index in [4.69, 9.17) is 14.2 Å². The number of aromatic nitrogens is 1. The number of nitrogens with zero attached hydrogens (tertiary/aromatic N) is 2. The van der Waals surface area contributed by atoms with E-state index in [0.29, 0.717) is 36.6 Å². The minimum Gasteiger partial charge on any atom is -0.496 e. The molecule has 0 saturated heterocycles. The quantitative estimate of drug-likeness (QED) is 0.265. The maximum Gasteiger partial charge on any atom is 0.338 e. The molecule has 0 bridgehead atoms. The lowest BCUT2D eigenvalue weighted by atomic mass is 9.96. The highest BCUT2D eigenvalue weighted by molar-refractivity contribution is 14.1. The van der Waals surface area contributed by atoms with Gasteiger partial charge < -0.3 is 14.2 Å². The molecule has 0 unspecified atom stereocenters. The van der Waals surface area contributed by atoms with Crippen LogP contribution in [0.4, 0.5) is 0 Å². The van der Waals surface area contributed by atoms with Crippen molar-refractivity contribution in [2.24, 2.45) is 4.99 Å². The van der Waals surface area contributed by atoms with Crippen LogP contribution in [0.25, 0.3) is 6.08 Å². The minimum absolute atomic E-state index is 0.212. The second kappa shape index (κ2) is 11.4. The number of esters is 1. The number of carbonyl (C=O) groups is 1. The standard InChI is InChI=1S/C25H21BrI2N2O5S/c1-5-35-24(32)20-12(2)29-25-30(21(20)13-6-7-18(33-3)16(26)9-13)23(31)19(36-25)10-14-8-15(27)11-17(28)22(14)34-4/h6-11,21H,5H2,1-4H3/b19-10+/t21-/m0/s1. The fourth-order valence-electron chi connectivity index (χ4n) is 4.00. The van der Waals surface area contributed by atoms with E-state index < -0.39 is 12.0 Å². The van der Waals surface area contributed by atoms with E-state index in [1.807, 2.05) is 30.3 Å². The second-order valence-corrected chi connectivity index (χ2v) is 12.0. The van der Waals surface area contributed by atoms with Crippen LogP contribution < -0.4 is 24.4 Å². The molecule has 1 atom stereocenters. The lowest BCUT2D eigenvalue weighted by molar-refractivity contribution is -0.139. The summed E-state index contributed by atoms with van der Waals surface area (Å²) in [6, 6.07) is 8.76. The first-order valence-electron chi connectivity index (χ1n) is 10.8. The summed E-state index contributed by atoms with van der Waals surface area (Å²) in [6.07, 6.45) is 1.82. The van der Waals surface area contributed by atoms with Gasteiger partial charge in [0.25, 0.3) is 5.56 Å². The minimum atomic E-state index is -0.706. The highest BCUT2D eigenvalue weighted by Gasteiger charge is 2.33. The van der Waals surface area contributed by atoms with Gasteiger partial charge in [-0.05, 0) is 111 Å². The van der Waals surface area contributed by atoms with Crippen molar-refractivity contribution >= 4 is 84.5 Å². The molecule has 3 aromatic rings. The molecule has 4 rings (SSSR count). The molecule has 2 aromatic carbocycles. The Hall–Kier alpha value is -1.71. The summed E-state index contributed by atoms with van der Waals surface area (Å²) in [6.45, 7) is 3.72. The number of benzene rings is 2. The Kier molecular flexibility index (Phi) is 8.62. The maximum atomic E-state index is 13.8. The molecule has 0 amide bonds. The summed E-state index contributed by atoms with van der Waals surface area (Å²) >= 11 is 9.26. The number of rotatable bonds is 6. The van der Waals surface area contributed by atoms with Gasteiger partial charge in [0.15, 0.2) is 4.80 Å².